The summed E-state index contributed by atoms with van der Waals surface area (Å²) in [5, 5.41) is 4.57. The third-order valence-corrected chi connectivity index (χ3v) is 5.22. The van der Waals surface area contributed by atoms with E-state index in [0.29, 0.717) is 0 Å². The van der Waals surface area contributed by atoms with E-state index in [9.17, 15) is 0 Å². The van der Waals surface area contributed by atoms with Crippen molar-refractivity contribution in [3.63, 3.8) is 0 Å². The van der Waals surface area contributed by atoms with Gasteiger partial charge in [-0.15, -0.1) is 0 Å². The molecule has 0 amide bonds. The molecular weight excluding hydrogens is 186 g/mol. The van der Waals surface area contributed by atoms with Gasteiger partial charge in [0.15, 0.2) is 0 Å². The second-order valence-corrected chi connectivity index (χ2v) is 6.04. The highest BCUT2D eigenvalue weighted by molar-refractivity contribution is 8.00. The third kappa shape index (κ3) is 2.33. The maximum atomic E-state index is 3.65. The van der Waals surface area contributed by atoms with Crippen molar-refractivity contribution < 1.29 is 0 Å². The molecular formula is C9H17NS2. The van der Waals surface area contributed by atoms with Crippen LogP contribution in [-0.2, 0) is 0 Å². The first kappa shape index (κ1) is 9.22. The van der Waals surface area contributed by atoms with Crippen molar-refractivity contribution in [1.29, 1.82) is 0 Å². The summed E-state index contributed by atoms with van der Waals surface area (Å²) < 4.78 is 0. The Kier molecular flexibility index (Phi) is 3.67. The van der Waals surface area contributed by atoms with E-state index in [1.165, 1.54) is 43.1 Å². The van der Waals surface area contributed by atoms with Crippen LogP contribution in [0.1, 0.15) is 19.3 Å². The topological polar surface area (TPSA) is 12.0 Å². The van der Waals surface area contributed by atoms with E-state index >= 15 is 0 Å². The summed E-state index contributed by atoms with van der Waals surface area (Å²) >= 11 is 4.31. The summed E-state index contributed by atoms with van der Waals surface area (Å²) in [4.78, 5) is 0. The van der Waals surface area contributed by atoms with Gasteiger partial charge >= 0.3 is 0 Å². The van der Waals surface area contributed by atoms with E-state index in [1.54, 1.807) is 0 Å². The Hall–Kier alpha value is 0.660. The smallest absolute Gasteiger partial charge is 0.0277 e. The van der Waals surface area contributed by atoms with Crippen LogP contribution in [0, 0.1) is 0 Å². The van der Waals surface area contributed by atoms with Gasteiger partial charge in [-0.05, 0) is 18.6 Å². The lowest BCUT2D eigenvalue weighted by Crippen LogP contribution is -2.45. The second kappa shape index (κ2) is 4.77. The quantitative estimate of drug-likeness (QED) is 0.700. The minimum Gasteiger partial charge on any atom is -0.311 e. The third-order valence-electron chi connectivity index (χ3n) is 2.61. The van der Waals surface area contributed by atoms with Gasteiger partial charge in [0.1, 0.15) is 0 Å². The monoisotopic (exact) mass is 203 g/mol. The zero-order valence-corrected chi connectivity index (χ0v) is 9.05. The Labute approximate surface area is 83.4 Å². The van der Waals surface area contributed by atoms with Gasteiger partial charge < -0.3 is 5.32 Å². The fourth-order valence-corrected chi connectivity index (χ4v) is 4.49. The molecule has 1 nitrogen and oxygen atoms in total. The van der Waals surface area contributed by atoms with Crippen LogP contribution in [0.5, 0.6) is 0 Å². The van der Waals surface area contributed by atoms with Crippen LogP contribution < -0.4 is 5.32 Å². The molecule has 0 aromatic carbocycles. The zero-order valence-electron chi connectivity index (χ0n) is 7.42. The minimum atomic E-state index is 0.814. The molecule has 0 aromatic rings. The van der Waals surface area contributed by atoms with Crippen molar-refractivity contribution >= 4 is 23.5 Å². The first-order chi connectivity index (χ1) is 5.97. The molecule has 2 saturated heterocycles. The van der Waals surface area contributed by atoms with Crippen molar-refractivity contribution in [2.24, 2.45) is 0 Å². The summed E-state index contributed by atoms with van der Waals surface area (Å²) in [6.07, 6.45) is 4.35. The summed E-state index contributed by atoms with van der Waals surface area (Å²) in [6.45, 7) is 1.23. The molecule has 2 fully saturated rings. The normalized spacial score (nSPS) is 38.0. The predicted molar refractivity (Wildman–Crippen MR) is 59.2 cm³/mol. The maximum absolute atomic E-state index is 3.65. The first-order valence-corrected chi connectivity index (χ1v) is 7.10. The van der Waals surface area contributed by atoms with E-state index in [2.05, 4.69) is 28.8 Å². The number of hydrogen-bond acceptors (Lipinski definition) is 3. The molecule has 3 heteroatoms. The summed E-state index contributed by atoms with van der Waals surface area (Å²) in [7, 11) is 0. The molecule has 2 aliphatic heterocycles. The molecule has 0 aromatic heterocycles. The second-order valence-electron chi connectivity index (χ2n) is 3.54. The average molecular weight is 203 g/mol. The van der Waals surface area contributed by atoms with Crippen LogP contribution in [-0.4, -0.2) is 35.1 Å². The fraction of sp³-hybridized carbons (Fsp3) is 1.00. The largest absolute Gasteiger partial charge is 0.311 e. The molecule has 2 heterocycles. The van der Waals surface area contributed by atoms with Crippen molar-refractivity contribution in [3.8, 4) is 0 Å². The van der Waals surface area contributed by atoms with Gasteiger partial charge in [-0.2, -0.15) is 23.5 Å². The number of rotatable bonds is 1. The van der Waals surface area contributed by atoms with Crippen LogP contribution in [0.15, 0.2) is 0 Å². The van der Waals surface area contributed by atoms with E-state index in [-0.39, 0.29) is 0 Å². The molecule has 2 aliphatic rings. The van der Waals surface area contributed by atoms with Gasteiger partial charge in [0.05, 0.1) is 0 Å². The van der Waals surface area contributed by atoms with Crippen LogP contribution in [0.2, 0.25) is 0 Å². The molecule has 2 atom stereocenters. The van der Waals surface area contributed by atoms with Gasteiger partial charge in [0, 0.05) is 29.3 Å². The molecule has 12 heavy (non-hydrogen) atoms. The maximum Gasteiger partial charge on any atom is 0.0277 e. The fourth-order valence-electron chi connectivity index (χ4n) is 1.91. The van der Waals surface area contributed by atoms with Gasteiger partial charge in [0.25, 0.3) is 0 Å². The van der Waals surface area contributed by atoms with Gasteiger partial charge in [0.2, 0.25) is 0 Å². The first-order valence-electron chi connectivity index (χ1n) is 4.89. The molecule has 0 radical (unpaired) electrons. The Morgan fingerprint density at radius 1 is 1.17 bits per heavy atom. The SMILES string of the molecule is C1CCC(C2CSCCN2)SC1. The molecule has 0 saturated carbocycles. The van der Waals surface area contributed by atoms with Crippen molar-refractivity contribution in [2.45, 2.75) is 30.6 Å². The minimum absolute atomic E-state index is 0.814. The van der Waals surface area contributed by atoms with Crippen LogP contribution in [0.3, 0.4) is 0 Å². The molecule has 70 valence electrons. The molecule has 2 unspecified atom stereocenters. The van der Waals surface area contributed by atoms with E-state index < -0.39 is 0 Å². The van der Waals surface area contributed by atoms with Crippen molar-refractivity contribution in [1.82, 2.24) is 5.32 Å². The standard InChI is InChI=1S/C9H17NS2/c1-2-5-12-9(3-1)8-7-11-6-4-10-8/h8-10H,1-7H2. The zero-order chi connectivity index (χ0) is 8.23. The van der Waals surface area contributed by atoms with Crippen molar-refractivity contribution in [2.75, 3.05) is 23.8 Å². The highest BCUT2D eigenvalue weighted by atomic mass is 32.2. The molecule has 0 bridgehead atoms. The molecule has 0 spiro atoms. The Morgan fingerprint density at radius 3 is 2.83 bits per heavy atom. The van der Waals surface area contributed by atoms with Crippen LogP contribution in [0.25, 0.3) is 0 Å². The molecule has 2 rings (SSSR count). The van der Waals surface area contributed by atoms with Crippen LogP contribution >= 0.6 is 23.5 Å². The highest BCUT2D eigenvalue weighted by Crippen LogP contribution is 2.29. The Balaban J connectivity index is 1.80. The van der Waals surface area contributed by atoms with Gasteiger partial charge in [-0.3, -0.25) is 0 Å². The predicted octanol–water partition coefficient (Wildman–Crippen LogP) is 1.98. The molecule has 1 N–H and O–H groups in total. The van der Waals surface area contributed by atoms with E-state index in [1.807, 2.05) is 0 Å². The summed E-state index contributed by atoms with van der Waals surface area (Å²) in [5.74, 6) is 4.05. The van der Waals surface area contributed by atoms with Crippen LogP contribution in [0.4, 0.5) is 0 Å². The highest BCUT2D eigenvalue weighted by Gasteiger charge is 2.25. The Bertz CT molecular complexity index is 112. The summed E-state index contributed by atoms with van der Waals surface area (Å²) in [6, 6.07) is 0.814. The lowest BCUT2D eigenvalue weighted by molar-refractivity contribution is 0.504. The lowest BCUT2D eigenvalue weighted by atomic mass is 10.1. The number of nitrogens with one attached hydrogen (secondary N) is 1. The van der Waals surface area contributed by atoms with E-state index in [4.69, 9.17) is 0 Å². The van der Waals surface area contributed by atoms with E-state index in [0.717, 1.165) is 11.3 Å². The van der Waals surface area contributed by atoms with Gasteiger partial charge in [-0.25, -0.2) is 0 Å². The Morgan fingerprint density at radius 2 is 2.17 bits per heavy atom. The number of hydrogen-bond donors (Lipinski definition) is 1. The molecule has 0 aliphatic carbocycles. The summed E-state index contributed by atoms with van der Waals surface area (Å²) in [5.41, 5.74) is 0. The van der Waals surface area contributed by atoms with Crippen molar-refractivity contribution in [3.05, 3.63) is 0 Å². The lowest BCUT2D eigenvalue weighted by Gasteiger charge is -2.32. The van der Waals surface area contributed by atoms with Gasteiger partial charge in [-0.1, -0.05) is 6.42 Å². The number of thioether (sulfide) groups is 2. The average Bonchev–Trinajstić information content (AvgIpc) is 2.21.